The summed E-state index contributed by atoms with van der Waals surface area (Å²) < 4.78 is 19.7. The van der Waals surface area contributed by atoms with Gasteiger partial charge in [0.25, 0.3) is 0 Å². The maximum atomic E-state index is 13.2. The quantitative estimate of drug-likeness (QED) is 0.503. The Kier molecular flexibility index (Phi) is 4.98. The fourth-order valence-corrected chi connectivity index (χ4v) is 3.58. The van der Waals surface area contributed by atoms with Gasteiger partial charge in [-0.05, 0) is 29.8 Å². The Balaban J connectivity index is 1.51. The molecule has 1 atom stereocenters. The molecule has 142 valence electrons. The van der Waals surface area contributed by atoms with Crippen molar-refractivity contribution in [3.8, 4) is 11.3 Å². The van der Waals surface area contributed by atoms with E-state index in [0.717, 1.165) is 16.2 Å². The highest BCUT2D eigenvalue weighted by atomic mass is 32.1. The second kappa shape index (κ2) is 7.73. The summed E-state index contributed by atoms with van der Waals surface area (Å²) in [4.78, 5) is 21.5. The molecule has 28 heavy (non-hydrogen) atoms. The zero-order valence-electron chi connectivity index (χ0n) is 14.9. The van der Waals surface area contributed by atoms with Crippen LogP contribution in [0.5, 0.6) is 0 Å². The molecule has 4 aromatic rings. The van der Waals surface area contributed by atoms with Crippen molar-refractivity contribution in [3.63, 3.8) is 0 Å². The number of methoxy groups -OCH3 is 1. The number of anilines is 1. The largest absolute Gasteiger partial charge is 0.468 e. The van der Waals surface area contributed by atoms with Gasteiger partial charge in [-0.25, -0.2) is 13.9 Å². The van der Waals surface area contributed by atoms with Crippen LogP contribution in [0.15, 0.2) is 55.0 Å². The van der Waals surface area contributed by atoms with Crippen molar-refractivity contribution in [1.29, 1.82) is 0 Å². The highest BCUT2D eigenvalue weighted by Crippen LogP contribution is 2.25. The lowest BCUT2D eigenvalue weighted by atomic mass is 9.99. The van der Waals surface area contributed by atoms with Gasteiger partial charge >= 0.3 is 5.97 Å². The molecule has 0 aliphatic heterocycles. The van der Waals surface area contributed by atoms with E-state index in [9.17, 15) is 9.18 Å². The number of aromatic nitrogens is 4. The van der Waals surface area contributed by atoms with Gasteiger partial charge in [0.2, 0.25) is 10.1 Å². The van der Waals surface area contributed by atoms with Gasteiger partial charge in [0.15, 0.2) is 0 Å². The van der Waals surface area contributed by atoms with Crippen LogP contribution in [0.1, 0.15) is 11.5 Å². The van der Waals surface area contributed by atoms with Crippen molar-refractivity contribution in [2.45, 2.75) is 5.92 Å². The number of hydrogen-bond acceptors (Lipinski definition) is 7. The van der Waals surface area contributed by atoms with Crippen LogP contribution in [0.3, 0.4) is 0 Å². The van der Waals surface area contributed by atoms with Gasteiger partial charge in [-0.2, -0.15) is 0 Å². The molecule has 1 N–H and O–H groups in total. The summed E-state index contributed by atoms with van der Waals surface area (Å²) in [5.74, 6) is -1.34. The average Bonchev–Trinajstić information content (AvgIpc) is 3.28. The molecule has 0 fully saturated rings. The van der Waals surface area contributed by atoms with Crippen molar-refractivity contribution in [2.24, 2.45) is 0 Å². The monoisotopic (exact) mass is 397 g/mol. The first-order valence-corrected chi connectivity index (χ1v) is 9.29. The summed E-state index contributed by atoms with van der Waals surface area (Å²) in [6.45, 7) is 0.268. The van der Waals surface area contributed by atoms with E-state index >= 15 is 0 Å². The van der Waals surface area contributed by atoms with Crippen LogP contribution in [-0.2, 0) is 9.53 Å². The lowest BCUT2D eigenvalue weighted by Gasteiger charge is -2.15. The fraction of sp³-hybridized carbons (Fsp3) is 0.158. The zero-order chi connectivity index (χ0) is 19.5. The van der Waals surface area contributed by atoms with Crippen molar-refractivity contribution in [3.05, 3.63) is 66.4 Å². The van der Waals surface area contributed by atoms with Crippen molar-refractivity contribution in [2.75, 3.05) is 19.0 Å². The Morgan fingerprint density at radius 2 is 2.14 bits per heavy atom. The number of nitrogens with one attached hydrogen (secondary N) is 1. The molecule has 9 heteroatoms. The predicted octanol–water partition coefficient (Wildman–Crippen LogP) is 3.36. The number of carbonyl (C=O) groups excluding carboxylic acids is 1. The first-order valence-electron chi connectivity index (χ1n) is 8.48. The Morgan fingerprint density at radius 1 is 1.32 bits per heavy atom. The molecule has 3 aromatic heterocycles. The molecule has 0 spiro atoms. The third-order valence-corrected chi connectivity index (χ3v) is 5.10. The van der Waals surface area contributed by atoms with E-state index in [4.69, 9.17) is 4.74 Å². The van der Waals surface area contributed by atoms with E-state index in [-0.39, 0.29) is 12.4 Å². The topological polar surface area (TPSA) is 81.4 Å². The standard InChI is InChI=1S/C19H16FN5O2S/c1-27-17(26)15(12-4-6-14(20)7-5-12)10-22-18-24-25-11-16(23-19(25)28-18)13-3-2-8-21-9-13/h2-9,11,15H,10H2,1H3,(H,22,24). The average molecular weight is 397 g/mol. The van der Waals surface area contributed by atoms with Gasteiger partial charge in [0, 0.05) is 24.5 Å². The van der Waals surface area contributed by atoms with Crippen LogP contribution in [-0.4, -0.2) is 39.2 Å². The smallest absolute Gasteiger partial charge is 0.314 e. The third kappa shape index (κ3) is 3.70. The molecule has 1 aromatic carbocycles. The van der Waals surface area contributed by atoms with E-state index in [2.05, 4.69) is 20.4 Å². The maximum Gasteiger partial charge on any atom is 0.314 e. The molecule has 0 radical (unpaired) electrons. The number of benzene rings is 1. The van der Waals surface area contributed by atoms with Crippen molar-refractivity contribution < 1.29 is 13.9 Å². The van der Waals surface area contributed by atoms with Crippen LogP contribution >= 0.6 is 11.3 Å². The Bertz CT molecular complexity index is 1060. The second-order valence-corrected chi connectivity index (χ2v) is 6.97. The lowest BCUT2D eigenvalue weighted by Crippen LogP contribution is -2.22. The highest BCUT2D eigenvalue weighted by Gasteiger charge is 2.22. The molecule has 0 aliphatic rings. The number of pyridine rings is 1. The van der Waals surface area contributed by atoms with Crippen molar-refractivity contribution >= 4 is 27.4 Å². The molecule has 0 aliphatic carbocycles. The minimum absolute atomic E-state index is 0.268. The highest BCUT2D eigenvalue weighted by molar-refractivity contribution is 7.20. The predicted molar refractivity (Wildman–Crippen MR) is 104 cm³/mol. The molecule has 4 rings (SSSR count). The number of hydrogen-bond donors (Lipinski definition) is 1. The molecule has 3 heterocycles. The van der Waals surface area contributed by atoms with Gasteiger partial charge in [-0.1, -0.05) is 23.5 Å². The van der Waals surface area contributed by atoms with Gasteiger partial charge in [0.1, 0.15) is 5.82 Å². The number of esters is 1. The number of nitrogens with zero attached hydrogens (tertiary/aromatic N) is 4. The van der Waals surface area contributed by atoms with Gasteiger partial charge in [-0.3, -0.25) is 9.78 Å². The number of rotatable bonds is 6. The first-order chi connectivity index (χ1) is 13.6. The van der Waals surface area contributed by atoms with Crippen LogP contribution in [0.25, 0.3) is 16.2 Å². The number of imidazole rings is 1. The zero-order valence-corrected chi connectivity index (χ0v) is 15.7. The Hall–Kier alpha value is -3.33. The lowest BCUT2D eigenvalue weighted by molar-refractivity contribution is -0.142. The van der Waals surface area contributed by atoms with Gasteiger partial charge in [-0.15, -0.1) is 5.10 Å². The van der Waals surface area contributed by atoms with Gasteiger partial charge in [0.05, 0.1) is 24.9 Å². The minimum Gasteiger partial charge on any atom is -0.468 e. The van der Waals surface area contributed by atoms with E-state index < -0.39 is 11.9 Å². The molecule has 0 bridgehead atoms. The van der Waals surface area contributed by atoms with Crippen LogP contribution < -0.4 is 5.32 Å². The second-order valence-electron chi connectivity index (χ2n) is 6.01. The molecule has 1 unspecified atom stereocenters. The van der Waals surface area contributed by atoms with Crippen molar-refractivity contribution in [1.82, 2.24) is 19.6 Å². The SMILES string of the molecule is COC(=O)C(CNc1nn2cc(-c3cccnc3)nc2s1)c1ccc(F)cc1. The third-order valence-electron chi connectivity index (χ3n) is 4.22. The van der Waals surface area contributed by atoms with Gasteiger partial charge < -0.3 is 10.1 Å². The minimum atomic E-state index is -0.576. The number of ether oxygens (including phenoxy) is 1. The van der Waals surface area contributed by atoms with E-state index in [1.54, 1.807) is 29.0 Å². The molecular weight excluding hydrogens is 381 g/mol. The maximum absolute atomic E-state index is 13.2. The molecule has 0 saturated carbocycles. The summed E-state index contributed by atoms with van der Waals surface area (Å²) in [6.07, 6.45) is 5.28. The summed E-state index contributed by atoms with van der Waals surface area (Å²) in [6, 6.07) is 9.58. The Labute approximate surface area is 163 Å². The van der Waals surface area contributed by atoms with Crippen LogP contribution in [0.2, 0.25) is 0 Å². The summed E-state index contributed by atoms with van der Waals surface area (Å²) in [5, 5.41) is 8.22. The number of carbonyl (C=O) groups is 1. The first kappa shape index (κ1) is 18.1. The fourth-order valence-electron chi connectivity index (χ4n) is 2.79. The molecule has 7 nitrogen and oxygen atoms in total. The summed E-state index contributed by atoms with van der Waals surface area (Å²) in [5.41, 5.74) is 2.37. The summed E-state index contributed by atoms with van der Waals surface area (Å²) in [7, 11) is 1.33. The normalized spacial score (nSPS) is 12.1. The number of halogens is 1. The van der Waals surface area contributed by atoms with Crippen LogP contribution in [0.4, 0.5) is 9.52 Å². The Morgan fingerprint density at radius 3 is 2.82 bits per heavy atom. The molecule has 0 amide bonds. The molecule has 0 saturated heterocycles. The molecular formula is C19H16FN5O2S. The number of fused-ring (bicyclic) bond motifs is 1. The van der Waals surface area contributed by atoms with E-state index in [0.29, 0.717) is 10.7 Å². The summed E-state index contributed by atoms with van der Waals surface area (Å²) >= 11 is 1.37. The van der Waals surface area contributed by atoms with E-state index in [1.165, 1.54) is 30.6 Å². The van der Waals surface area contributed by atoms with Crippen LogP contribution in [0, 0.1) is 5.82 Å². The van der Waals surface area contributed by atoms with E-state index in [1.807, 2.05) is 18.3 Å².